The highest BCUT2D eigenvalue weighted by atomic mass is 16.2. The van der Waals surface area contributed by atoms with Crippen molar-refractivity contribution in [3.63, 3.8) is 0 Å². The Morgan fingerprint density at radius 1 is 1.50 bits per heavy atom. The van der Waals surface area contributed by atoms with E-state index in [0.717, 1.165) is 11.3 Å². The average molecular weight is 298 g/mol. The van der Waals surface area contributed by atoms with Crippen LogP contribution in [-0.4, -0.2) is 17.5 Å². The number of nitrogens with zero attached hydrogens (tertiary/aromatic N) is 2. The lowest BCUT2D eigenvalue weighted by Gasteiger charge is -2.19. The molecule has 2 rings (SSSR count). The number of carbonyl (C=O) groups is 2. The fourth-order valence-electron chi connectivity index (χ4n) is 2.29. The third kappa shape index (κ3) is 3.50. The molecule has 1 aliphatic heterocycles. The first-order valence-electron chi connectivity index (χ1n) is 7.22. The fourth-order valence-corrected chi connectivity index (χ4v) is 2.29. The fraction of sp³-hybridized carbons (Fsp3) is 0.375. The Labute approximate surface area is 129 Å². The van der Waals surface area contributed by atoms with Gasteiger partial charge in [-0.1, -0.05) is 26.0 Å². The van der Waals surface area contributed by atoms with Crippen LogP contribution in [-0.2, 0) is 9.59 Å². The van der Waals surface area contributed by atoms with Crippen molar-refractivity contribution in [3.05, 3.63) is 29.8 Å². The Hall–Kier alpha value is -2.68. The van der Waals surface area contributed by atoms with Crippen LogP contribution in [0.25, 0.3) is 0 Å². The molecule has 0 spiro atoms. The standard InChI is InChI=1S/C16H18N4O2/c1-3-11(9-17)16(22)18-13-6-4-12(5-7-13)15-10(2)8-14(21)19-20-15/h4-7,10-11H,3,8H2,1-2H3,(H,18,22)(H,19,21). The third-order valence-electron chi connectivity index (χ3n) is 3.59. The first-order chi connectivity index (χ1) is 10.5. The number of amides is 2. The van der Waals surface area contributed by atoms with Crippen LogP contribution in [0.4, 0.5) is 5.69 Å². The van der Waals surface area contributed by atoms with Crippen LogP contribution in [0.1, 0.15) is 32.3 Å². The highest BCUT2D eigenvalue weighted by molar-refractivity contribution is 6.06. The second kappa shape index (κ2) is 6.85. The summed E-state index contributed by atoms with van der Waals surface area (Å²) < 4.78 is 0. The number of carbonyl (C=O) groups excluding carboxylic acids is 2. The van der Waals surface area contributed by atoms with Gasteiger partial charge in [-0.15, -0.1) is 0 Å². The van der Waals surface area contributed by atoms with E-state index in [1.165, 1.54) is 0 Å². The number of anilines is 1. The summed E-state index contributed by atoms with van der Waals surface area (Å²) in [4.78, 5) is 23.1. The van der Waals surface area contributed by atoms with Crippen LogP contribution in [0.15, 0.2) is 29.4 Å². The van der Waals surface area contributed by atoms with Gasteiger partial charge in [-0.25, -0.2) is 5.43 Å². The highest BCUT2D eigenvalue weighted by Gasteiger charge is 2.21. The minimum atomic E-state index is -0.641. The summed E-state index contributed by atoms with van der Waals surface area (Å²) in [6, 6.07) is 9.19. The molecule has 2 unspecified atom stereocenters. The maximum absolute atomic E-state index is 11.8. The minimum absolute atomic E-state index is 0.0530. The van der Waals surface area contributed by atoms with Crippen molar-refractivity contribution in [2.24, 2.45) is 16.9 Å². The number of hydrogen-bond donors (Lipinski definition) is 2. The van der Waals surface area contributed by atoms with E-state index in [1.54, 1.807) is 19.1 Å². The molecule has 6 nitrogen and oxygen atoms in total. The molecule has 0 aliphatic carbocycles. The van der Waals surface area contributed by atoms with Crippen molar-refractivity contribution in [2.75, 3.05) is 5.32 Å². The van der Waals surface area contributed by atoms with Crippen molar-refractivity contribution < 1.29 is 9.59 Å². The van der Waals surface area contributed by atoms with Crippen LogP contribution in [0.3, 0.4) is 0 Å². The summed E-state index contributed by atoms with van der Waals surface area (Å²) in [5, 5.41) is 15.7. The molecule has 1 aromatic carbocycles. The lowest BCUT2D eigenvalue weighted by molar-refractivity contribution is -0.122. The first-order valence-corrected chi connectivity index (χ1v) is 7.22. The predicted molar refractivity (Wildman–Crippen MR) is 82.9 cm³/mol. The Morgan fingerprint density at radius 2 is 2.18 bits per heavy atom. The zero-order valence-corrected chi connectivity index (χ0v) is 12.6. The predicted octanol–water partition coefficient (Wildman–Crippen LogP) is 2.03. The van der Waals surface area contributed by atoms with Gasteiger partial charge in [0.15, 0.2) is 0 Å². The van der Waals surface area contributed by atoms with E-state index in [0.29, 0.717) is 18.5 Å². The van der Waals surface area contributed by atoms with Gasteiger partial charge in [-0.2, -0.15) is 10.4 Å². The van der Waals surface area contributed by atoms with E-state index in [9.17, 15) is 9.59 Å². The molecule has 1 aromatic rings. The molecule has 2 atom stereocenters. The zero-order valence-electron chi connectivity index (χ0n) is 12.6. The van der Waals surface area contributed by atoms with Gasteiger partial charge in [0.2, 0.25) is 11.8 Å². The quantitative estimate of drug-likeness (QED) is 0.890. The lowest BCUT2D eigenvalue weighted by atomic mass is 9.94. The number of nitriles is 1. The number of hydrogen-bond acceptors (Lipinski definition) is 4. The Kier molecular flexibility index (Phi) is 4.89. The molecule has 0 radical (unpaired) electrons. The maximum Gasteiger partial charge on any atom is 0.241 e. The Balaban J connectivity index is 2.10. The van der Waals surface area contributed by atoms with E-state index in [1.807, 2.05) is 25.1 Å². The maximum atomic E-state index is 11.8. The highest BCUT2D eigenvalue weighted by Crippen LogP contribution is 2.19. The Bertz CT molecular complexity index is 643. The molecule has 0 bridgehead atoms. The molecule has 1 aliphatic rings. The van der Waals surface area contributed by atoms with E-state index in [-0.39, 0.29) is 17.7 Å². The van der Waals surface area contributed by atoms with E-state index in [2.05, 4.69) is 15.8 Å². The summed E-state index contributed by atoms with van der Waals surface area (Å²) >= 11 is 0. The van der Waals surface area contributed by atoms with E-state index in [4.69, 9.17) is 5.26 Å². The molecule has 0 saturated carbocycles. The minimum Gasteiger partial charge on any atom is -0.325 e. The van der Waals surface area contributed by atoms with Crippen molar-refractivity contribution >= 4 is 23.2 Å². The summed E-state index contributed by atoms with van der Waals surface area (Å²) in [5.74, 6) is -0.967. The number of benzene rings is 1. The zero-order chi connectivity index (χ0) is 16.1. The SMILES string of the molecule is CCC(C#N)C(=O)Nc1ccc(C2=NNC(=O)CC2C)cc1. The van der Waals surface area contributed by atoms with E-state index >= 15 is 0 Å². The van der Waals surface area contributed by atoms with Crippen LogP contribution < -0.4 is 10.7 Å². The van der Waals surface area contributed by atoms with Gasteiger partial charge >= 0.3 is 0 Å². The van der Waals surface area contributed by atoms with Crippen LogP contribution in [0.5, 0.6) is 0 Å². The second-order valence-electron chi connectivity index (χ2n) is 5.29. The first kappa shape index (κ1) is 15.7. The van der Waals surface area contributed by atoms with Crippen molar-refractivity contribution in [1.29, 1.82) is 5.26 Å². The van der Waals surface area contributed by atoms with Crippen LogP contribution in [0, 0.1) is 23.2 Å². The second-order valence-corrected chi connectivity index (χ2v) is 5.29. The molecule has 1 heterocycles. The molecule has 2 N–H and O–H groups in total. The summed E-state index contributed by atoms with van der Waals surface area (Å²) in [6.07, 6.45) is 0.895. The normalized spacial score (nSPS) is 18.7. The summed E-state index contributed by atoms with van der Waals surface area (Å²) in [6.45, 7) is 3.75. The molecular weight excluding hydrogens is 280 g/mol. The molecule has 0 saturated heterocycles. The molecule has 22 heavy (non-hydrogen) atoms. The molecule has 114 valence electrons. The molecule has 0 aromatic heterocycles. The summed E-state index contributed by atoms with van der Waals surface area (Å²) in [5.41, 5.74) is 4.84. The van der Waals surface area contributed by atoms with Crippen molar-refractivity contribution in [1.82, 2.24) is 5.43 Å². The third-order valence-corrected chi connectivity index (χ3v) is 3.59. The van der Waals surface area contributed by atoms with Gasteiger partial charge in [-0.3, -0.25) is 9.59 Å². The monoisotopic (exact) mass is 298 g/mol. The summed E-state index contributed by atoms with van der Waals surface area (Å²) in [7, 11) is 0. The van der Waals surface area contributed by atoms with Gasteiger partial charge in [0, 0.05) is 18.0 Å². The largest absolute Gasteiger partial charge is 0.325 e. The molecule has 0 fully saturated rings. The smallest absolute Gasteiger partial charge is 0.241 e. The van der Waals surface area contributed by atoms with Gasteiger partial charge in [0.1, 0.15) is 5.92 Å². The van der Waals surface area contributed by atoms with Crippen molar-refractivity contribution in [2.45, 2.75) is 26.7 Å². The average Bonchev–Trinajstić information content (AvgIpc) is 2.49. The van der Waals surface area contributed by atoms with Gasteiger partial charge in [-0.05, 0) is 24.1 Å². The van der Waals surface area contributed by atoms with Crippen LogP contribution in [0.2, 0.25) is 0 Å². The topological polar surface area (TPSA) is 94.3 Å². The van der Waals surface area contributed by atoms with Gasteiger partial charge < -0.3 is 5.32 Å². The molecular formula is C16H18N4O2. The number of hydrazone groups is 1. The lowest BCUT2D eigenvalue weighted by Crippen LogP contribution is -2.31. The molecule has 2 amide bonds. The van der Waals surface area contributed by atoms with E-state index < -0.39 is 5.92 Å². The van der Waals surface area contributed by atoms with Crippen LogP contribution >= 0.6 is 0 Å². The molecule has 6 heteroatoms. The Morgan fingerprint density at radius 3 is 2.73 bits per heavy atom. The van der Waals surface area contributed by atoms with Gasteiger partial charge in [0.05, 0.1) is 11.8 Å². The number of nitrogens with one attached hydrogen (secondary N) is 2. The number of rotatable bonds is 4. The van der Waals surface area contributed by atoms with Crippen molar-refractivity contribution in [3.8, 4) is 6.07 Å². The van der Waals surface area contributed by atoms with Gasteiger partial charge in [0.25, 0.3) is 0 Å².